The highest BCUT2D eigenvalue weighted by Gasteiger charge is 2.32. The average molecular weight is 327 g/mol. The van der Waals surface area contributed by atoms with E-state index in [-0.39, 0.29) is 12.5 Å². The van der Waals surface area contributed by atoms with E-state index in [0.717, 1.165) is 11.3 Å². The molecule has 0 bridgehead atoms. The Hall–Kier alpha value is -2.63. The van der Waals surface area contributed by atoms with Crippen molar-refractivity contribution in [1.29, 1.82) is 0 Å². The summed E-state index contributed by atoms with van der Waals surface area (Å²) in [6.45, 7) is 3.39. The quantitative estimate of drug-likeness (QED) is 0.912. The summed E-state index contributed by atoms with van der Waals surface area (Å²) < 4.78 is 1.85. The largest absolute Gasteiger partial charge is 0.481 e. The number of amides is 1. The number of nitrogens with zero attached hydrogens (tertiary/aromatic N) is 3. The third-order valence-electron chi connectivity index (χ3n) is 4.51. The third-order valence-corrected chi connectivity index (χ3v) is 4.51. The molecular formula is C18H21N3O3. The van der Waals surface area contributed by atoms with Crippen LogP contribution in [-0.2, 0) is 17.8 Å². The molecule has 0 spiro atoms. The summed E-state index contributed by atoms with van der Waals surface area (Å²) in [4.78, 5) is 25.4. The van der Waals surface area contributed by atoms with Crippen molar-refractivity contribution in [2.75, 3.05) is 13.1 Å². The molecule has 0 radical (unpaired) electrons. The SMILES string of the molecule is CCc1c(C(=O)N2CCC(C(=O)O)C2)cnn1Cc1ccccc1. The minimum Gasteiger partial charge on any atom is -0.481 e. The van der Waals surface area contributed by atoms with Crippen LogP contribution in [0.3, 0.4) is 0 Å². The molecule has 1 aliphatic heterocycles. The maximum atomic E-state index is 12.7. The summed E-state index contributed by atoms with van der Waals surface area (Å²) in [6.07, 6.45) is 2.82. The minimum atomic E-state index is -0.833. The first-order valence-corrected chi connectivity index (χ1v) is 8.20. The standard InChI is InChI=1S/C18H21N3O3/c1-2-16-15(17(22)20-9-8-14(12-20)18(23)24)10-19-21(16)11-13-6-4-3-5-7-13/h3-7,10,14H,2,8-9,11-12H2,1H3,(H,23,24). The Balaban J connectivity index is 1.79. The van der Waals surface area contributed by atoms with Crippen LogP contribution in [0.2, 0.25) is 0 Å². The monoisotopic (exact) mass is 327 g/mol. The molecule has 3 rings (SSSR count). The Morgan fingerprint density at radius 2 is 2.04 bits per heavy atom. The number of hydrogen-bond donors (Lipinski definition) is 1. The molecule has 1 N–H and O–H groups in total. The van der Waals surface area contributed by atoms with E-state index in [9.17, 15) is 9.59 Å². The molecule has 6 nitrogen and oxygen atoms in total. The summed E-state index contributed by atoms with van der Waals surface area (Å²) in [5, 5.41) is 13.5. The number of carboxylic acids is 1. The Kier molecular flexibility index (Phi) is 4.64. The molecule has 6 heteroatoms. The van der Waals surface area contributed by atoms with Crippen molar-refractivity contribution >= 4 is 11.9 Å². The predicted molar refractivity (Wildman–Crippen MR) is 88.8 cm³/mol. The zero-order valence-corrected chi connectivity index (χ0v) is 13.7. The zero-order chi connectivity index (χ0) is 17.1. The van der Waals surface area contributed by atoms with E-state index in [1.54, 1.807) is 11.1 Å². The minimum absolute atomic E-state index is 0.116. The second-order valence-electron chi connectivity index (χ2n) is 6.08. The van der Waals surface area contributed by atoms with Crippen LogP contribution in [0.15, 0.2) is 36.5 Å². The number of likely N-dealkylation sites (tertiary alicyclic amines) is 1. The molecule has 1 aromatic heterocycles. The highest BCUT2D eigenvalue weighted by Crippen LogP contribution is 2.21. The Morgan fingerprint density at radius 3 is 2.67 bits per heavy atom. The van der Waals surface area contributed by atoms with Crippen LogP contribution in [0.5, 0.6) is 0 Å². The van der Waals surface area contributed by atoms with Gasteiger partial charge >= 0.3 is 5.97 Å². The summed E-state index contributed by atoms with van der Waals surface area (Å²) in [5.74, 6) is -1.41. The van der Waals surface area contributed by atoms with Gasteiger partial charge in [0.15, 0.2) is 0 Å². The topological polar surface area (TPSA) is 75.4 Å². The van der Waals surface area contributed by atoms with Crippen molar-refractivity contribution in [3.05, 3.63) is 53.3 Å². The van der Waals surface area contributed by atoms with E-state index in [0.29, 0.717) is 31.5 Å². The summed E-state index contributed by atoms with van der Waals surface area (Å²) >= 11 is 0. The van der Waals surface area contributed by atoms with Crippen molar-refractivity contribution < 1.29 is 14.7 Å². The summed E-state index contributed by atoms with van der Waals surface area (Å²) in [7, 11) is 0. The molecular weight excluding hydrogens is 306 g/mol. The molecule has 2 aromatic rings. The third kappa shape index (κ3) is 3.18. The van der Waals surface area contributed by atoms with Crippen molar-refractivity contribution in [3.63, 3.8) is 0 Å². The second kappa shape index (κ2) is 6.86. The van der Waals surface area contributed by atoms with E-state index in [2.05, 4.69) is 5.10 Å². The Morgan fingerprint density at radius 1 is 1.29 bits per heavy atom. The van der Waals surface area contributed by atoms with Crippen molar-refractivity contribution in [2.45, 2.75) is 26.3 Å². The number of rotatable bonds is 5. The van der Waals surface area contributed by atoms with Crippen molar-refractivity contribution in [2.24, 2.45) is 5.92 Å². The van der Waals surface area contributed by atoms with Crippen LogP contribution in [0.1, 0.15) is 35.0 Å². The van der Waals surface area contributed by atoms with Crippen LogP contribution in [0.25, 0.3) is 0 Å². The molecule has 1 fully saturated rings. The summed E-state index contributed by atoms with van der Waals surface area (Å²) in [5.41, 5.74) is 2.60. The highest BCUT2D eigenvalue weighted by atomic mass is 16.4. The maximum Gasteiger partial charge on any atom is 0.308 e. The van der Waals surface area contributed by atoms with Gasteiger partial charge in [-0.3, -0.25) is 14.3 Å². The molecule has 0 aliphatic carbocycles. The second-order valence-corrected chi connectivity index (χ2v) is 6.08. The Bertz CT molecular complexity index is 739. The van der Waals surface area contributed by atoms with Gasteiger partial charge in [0.2, 0.25) is 0 Å². The van der Waals surface area contributed by atoms with Gasteiger partial charge in [-0.25, -0.2) is 0 Å². The number of carbonyl (C=O) groups is 2. The average Bonchev–Trinajstić information content (AvgIpc) is 3.22. The lowest BCUT2D eigenvalue weighted by atomic mass is 10.1. The van der Waals surface area contributed by atoms with Gasteiger partial charge in [-0.05, 0) is 18.4 Å². The van der Waals surface area contributed by atoms with E-state index in [1.165, 1.54) is 0 Å². The van der Waals surface area contributed by atoms with Crippen LogP contribution >= 0.6 is 0 Å². The van der Waals surface area contributed by atoms with Crippen LogP contribution in [0.4, 0.5) is 0 Å². The fraction of sp³-hybridized carbons (Fsp3) is 0.389. The predicted octanol–water partition coefficient (Wildman–Crippen LogP) is 2.04. The van der Waals surface area contributed by atoms with E-state index < -0.39 is 11.9 Å². The number of carbonyl (C=O) groups excluding carboxylic acids is 1. The fourth-order valence-corrected chi connectivity index (χ4v) is 3.17. The first-order chi connectivity index (χ1) is 11.6. The molecule has 2 heterocycles. The van der Waals surface area contributed by atoms with Gasteiger partial charge in [-0.2, -0.15) is 5.10 Å². The van der Waals surface area contributed by atoms with Crippen LogP contribution < -0.4 is 0 Å². The highest BCUT2D eigenvalue weighted by molar-refractivity contribution is 5.95. The molecule has 0 saturated carbocycles. The van der Waals surface area contributed by atoms with Gasteiger partial charge < -0.3 is 10.0 Å². The van der Waals surface area contributed by atoms with E-state index >= 15 is 0 Å². The maximum absolute atomic E-state index is 12.7. The number of aromatic nitrogens is 2. The van der Waals surface area contributed by atoms with Gasteiger partial charge in [0.05, 0.1) is 29.9 Å². The molecule has 1 amide bonds. The zero-order valence-electron chi connectivity index (χ0n) is 13.7. The lowest BCUT2D eigenvalue weighted by molar-refractivity contribution is -0.141. The lowest BCUT2D eigenvalue weighted by Crippen LogP contribution is -2.30. The van der Waals surface area contributed by atoms with Gasteiger partial charge in [-0.1, -0.05) is 37.3 Å². The number of aliphatic carboxylic acids is 1. The lowest BCUT2D eigenvalue weighted by Gasteiger charge is -2.16. The van der Waals surface area contributed by atoms with Crippen molar-refractivity contribution in [1.82, 2.24) is 14.7 Å². The fourth-order valence-electron chi connectivity index (χ4n) is 3.17. The smallest absolute Gasteiger partial charge is 0.308 e. The molecule has 1 aromatic carbocycles. The molecule has 24 heavy (non-hydrogen) atoms. The van der Waals surface area contributed by atoms with Crippen molar-refractivity contribution in [3.8, 4) is 0 Å². The first kappa shape index (κ1) is 16.2. The number of hydrogen-bond acceptors (Lipinski definition) is 3. The van der Waals surface area contributed by atoms with E-state index in [1.807, 2.05) is 41.9 Å². The van der Waals surface area contributed by atoms with Gasteiger partial charge in [0.25, 0.3) is 5.91 Å². The molecule has 126 valence electrons. The van der Waals surface area contributed by atoms with Crippen LogP contribution in [-0.4, -0.2) is 44.8 Å². The molecule has 1 aliphatic rings. The number of benzene rings is 1. The normalized spacial score (nSPS) is 17.2. The first-order valence-electron chi connectivity index (χ1n) is 8.20. The van der Waals surface area contributed by atoms with Gasteiger partial charge in [0.1, 0.15) is 0 Å². The van der Waals surface area contributed by atoms with Gasteiger partial charge in [-0.15, -0.1) is 0 Å². The number of carboxylic acid groups (broad SMARTS) is 1. The summed E-state index contributed by atoms with van der Waals surface area (Å²) in [6, 6.07) is 9.98. The molecule has 1 saturated heterocycles. The Labute approximate surface area is 140 Å². The van der Waals surface area contributed by atoms with Gasteiger partial charge in [0, 0.05) is 13.1 Å². The van der Waals surface area contributed by atoms with Crippen LogP contribution in [0, 0.1) is 5.92 Å². The van der Waals surface area contributed by atoms with E-state index in [4.69, 9.17) is 5.11 Å². The molecule has 1 atom stereocenters. The molecule has 1 unspecified atom stereocenters.